The van der Waals surface area contributed by atoms with Gasteiger partial charge in [-0.1, -0.05) is 24.3 Å². The third-order valence-electron chi connectivity index (χ3n) is 5.20. The number of aryl methyl sites for hydroxylation is 2. The quantitative estimate of drug-likeness (QED) is 0.816. The number of amides is 1. The summed E-state index contributed by atoms with van der Waals surface area (Å²) in [5.74, 6) is 0.905. The third-order valence-corrected chi connectivity index (χ3v) is 5.20. The molecule has 0 saturated carbocycles. The second-order valence-corrected chi connectivity index (χ2v) is 7.35. The molecule has 0 N–H and O–H groups in total. The smallest absolute Gasteiger partial charge is 0.253 e. The van der Waals surface area contributed by atoms with Crippen molar-refractivity contribution in [3.63, 3.8) is 0 Å². The predicted molar refractivity (Wildman–Crippen MR) is 104 cm³/mol. The molecule has 2 aromatic rings. The SMILES string of the molecule is Cc1cccc(N2CCOC[C@]3(C2)CN(c2ccccc2C)C(=O)CO3)n1. The van der Waals surface area contributed by atoms with E-state index in [9.17, 15) is 4.79 Å². The molecule has 2 aliphatic rings. The summed E-state index contributed by atoms with van der Waals surface area (Å²) < 4.78 is 12.0. The topological polar surface area (TPSA) is 54.9 Å². The number of ether oxygens (including phenoxy) is 2. The number of hydrogen-bond acceptors (Lipinski definition) is 5. The molecule has 2 fully saturated rings. The lowest BCUT2D eigenvalue weighted by molar-refractivity contribution is -0.143. The zero-order valence-corrected chi connectivity index (χ0v) is 15.9. The van der Waals surface area contributed by atoms with Crippen LogP contribution in [0.15, 0.2) is 42.5 Å². The van der Waals surface area contributed by atoms with Crippen molar-refractivity contribution >= 4 is 17.4 Å². The number of carbonyl (C=O) groups is 1. The molecule has 0 bridgehead atoms. The summed E-state index contributed by atoms with van der Waals surface area (Å²) in [6.45, 7) is 7.01. The van der Waals surface area contributed by atoms with Crippen LogP contribution in [0.5, 0.6) is 0 Å². The van der Waals surface area contributed by atoms with Crippen LogP contribution in [0.3, 0.4) is 0 Å². The number of carbonyl (C=O) groups excluding carboxylic acids is 1. The molecule has 0 radical (unpaired) electrons. The molecule has 1 aromatic carbocycles. The number of anilines is 2. The summed E-state index contributed by atoms with van der Waals surface area (Å²) in [6.07, 6.45) is 0. The minimum Gasteiger partial charge on any atom is -0.376 e. The Morgan fingerprint density at radius 2 is 1.93 bits per heavy atom. The summed E-state index contributed by atoms with van der Waals surface area (Å²) in [5.41, 5.74) is 2.43. The van der Waals surface area contributed by atoms with Gasteiger partial charge in [0.25, 0.3) is 5.91 Å². The summed E-state index contributed by atoms with van der Waals surface area (Å²) in [4.78, 5) is 21.3. The molecule has 0 unspecified atom stereocenters. The van der Waals surface area contributed by atoms with Crippen molar-refractivity contribution in [2.75, 3.05) is 49.3 Å². The summed E-state index contributed by atoms with van der Waals surface area (Å²) in [6, 6.07) is 14.0. The maximum Gasteiger partial charge on any atom is 0.253 e. The van der Waals surface area contributed by atoms with Gasteiger partial charge in [0.05, 0.1) is 26.3 Å². The number of pyridine rings is 1. The van der Waals surface area contributed by atoms with Crippen LogP contribution in [-0.2, 0) is 14.3 Å². The second-order valence-electron chi connectivity index (χ2n) is 7.35. The van der Waals surface area contributed by atoms with Gasteiger partial charge >= 0.3 is 0 Å². The van der Waals surface area contributed by atoms with Crippen molar-refractivity contribution in [1.29, 1.82) is 0 Å². The van der Waals surface area contributed by atoms with Crippen LogP contribution in [0.25, 0.3) is 0 Å². The van der Waals surface area contributed by atoms with Crippen LogP contribution in [0, 0.1) is 13.8 Å². The highest BCUT2D eigenvalue weighted by Crippen LogP contribution is 2.30. The number of morpholine rings is 1. The van der Waals surface area contributed by atoms with E-state index in [2.05, 4.69) is 9.88 Å². The average Bonchev–Trinajstić information content (AvgIpc) is 2.87. The van der Waals surface area contributed by atoms with Crippen LogP contribution in [0.1, 0.15) is 11.3 Å². The average molecular weight is 367 g/mol. The first kappa shape index (κ1) is 17.9. The van der Waals surface area contributed by atoms with Crippen molar-refractivity contribution < 1.29 is 14.3 Å². The fraction of sp³-hybridized carbons (Fsp3) is 0.429. The number of para-hydroxylation sites is 1. The first-order valence-electron chi connectivity index (χ1n) is 9.33. The number of hydrogen-bond donors (Lipinski definition) is 0. The van der Waals surface area contributed by atoms with Gasteiger partial charge in [-0.05, 0) is 37.6 Å². The molecular weight excluding hydrogens is 342 g/mol. The normalized spacial score (nSPS) is 23.6. The van der Waals surface area contributed by atoms with Crippen LogP contribution >= 0.6 is 0 Å². The molecule has 2 saturated heterocycles. The number of aromatic nitrogens is 1. The monoisotopic (exact) mass is 367 g/mol. The van der Waals surface area contributed by atoms with Crippen molar-refractivity contribution in [3.8, 4) is 0 Å². The van der Waals surface area contributed by atoms with Gasteiger partial charge in [-0.15, -0.1) is 0 Å². The minimum absolute atomic E-state index is 0.0144. The van der Waals surface area contributed by atoms with Crippen LogP contribution < -0.4 is 9.80 Å². The minimum atomic E-state index is -0.571. The fourth-order valence-corrected chi connectivity index (χ4v) is 3.79. The number of rotatable bonds is 2. The molecule has 0 aliphatic carbocycles. The second kappa shape index (κ2) is 7.29. The first-order valence-corrected chi connectivity index (χ1v) is 9.33. The first-order chi connectivity index (χ1) is 13.1. The molecule has 142 valence electrons. The molecule has 1 aromatic heterocycles. The van der Waals surface area contributed by atoms with Crippen LogP contribution in [-0.4, -0.2) is 55.9 Å². The Bertz CT molecular complexity index is 841. The number of benzene rings is 1. The van der Waals surface area contributed by atoms with E-state index in [0.717, 1.165) is 29.3 Å². The molecule has 1 atom stereocenters. The molecule has 27 heavy (non-hydrogen) atoms. The van der Waals surface area contributed by atoms with E-state index in [-0.39, 0.29) is 12.5 Å². The van der Waals surface area contributed by atoms with E-state index >= 15 is 0 Å². The van der Waals surface area contributed by atoms with E-state index in [1.54, 1.807) is 0 Å². The van der Waals surface area contributed by atoms with Gasteiger partial charge in [-0.25, -0.2) is 4.98 Å². The van der Waals surface area contributed by atoms with Gasteiger partial charge in [-0.2, -0.15) is 0 Å². The summed E-state index contributed by atoms with van der Waals surface area (Å²) in [5, 5.41) is 0. The molecule has 1 amide bonds. The maximum atomic E-state index is 12.6. The van der Waals surface area contributed by atoms with Gasteiger partial charge in [0.1, 0.15) is 18.0 Å². The highest BCUT2D eigenvalue weighted by Gasteiger charge is 2.43. The Balaban J connectivity index is 1.62. The Kier molecular flexibility index (Phi) is 4.85. The summed E-state index contributed by atoms with van der Waals surface area (Å²) in [7, 11) is 0. The molecule has 3 heterocycles. The van der Waals surface area contributed by atoms with E-state index in [0.29, 0.717) is 26.3 Å². The van der Waals surface area contributed by atoms with E-state index in [1.165, 1.54) is 0 Å². The van der Waals surface area contributed by atoms with Crippen molar-refractivity contribution in [1.82, 2.24) is 4.98 Å². The zero-order valence-electron chi connectivity index (χ0n) is 15.9. The van der Waals surface area contributed by atoms with Crippen molar-refractivity contribution in [3.05, 3.63) is 53.7 Å². The third kappa shape index (κ3) is 3.68. The van der Waals surface area contributed by atoms with Crippen LogP contribution in [0.4, 0.5) is 11.5 Å². The Morgan fingerprint density at radius 1 is 1.07 bits per heavy atom. The number of nitrogens with zero attached hydrogens (tertiary/aromatic N) is 3. The molecule has 6 nitrogen and oxygen atoms in total. The van der Waals surface area contributed by atoms with E-state index < -0.39 is 5.60 Å². The molecular formula is C21H25N3O3. The van der Waals surface area contributed by atoms with Crippen LogP contribution in [0.2, 0.25) is 0 Å². The highest BCUT2D eigenvalue weighted by molar-refractivity contribution is 5.95. The van der Waals surface area contributed by atoms with E-state index in [1.807, 2.05) is 61.2 Å². The predicted octanol–water partition coefficient (Wildman–Crippen LogP) is 2.34. The fourth-order valence-electron chi connectivity index (χ4n) is 3.79. The lowest BCUT2D eigenvalue weighted by Crippen LogP contribution is -2.61. The Morgan fingerprint density at radius 3 is 2.74 bits per heavy atom. The molecule has 2 aliphatic heterocycles. The van der Waals surface area contributed by atoms with Crippen molar-refractivity contribution in [2.45, 2.75) is 19.4 Å². The van der Waals surface area contributed by atoms with Gasteiger partial charge in [0.2, 0.25) is 0 Å². The Labute approximate surface area is 159 Å². The van der Waals surface area contributed by atoms with Gasteiger partial charge < -0.3 is 19.3 Å². The Hall–Kier alpha value is -2.44. The highest BCUT2D eigenvalue weighted by atomic mass is 16.6. The maximum absolute atomic E-state index is 12.6. The molecule has 1 spiro atoms. The van der Waals surface area contributed by atoms with E-state index in [4.69, 9.17) is 9.47 Å². The van der Waals surface area contributed by atoms with Gasteiger partial charge in [0.15, 0.2) is 0 Å². The largest absolute Gasteiger partial charge is 0.376 e. The summed E-state index contributed by atoms with van der Waals surface area (Å²) >= 11 is 0. The zero-order chi connectivity index (χ0) is 18.9. The standard InChI is InChI=1S/C21H25N3O3/c1-16-6-3-4-8-18(16)24-14-21(27-12-20(24)25)13-23(10-11-26-15-21)19-9-5-7-17(2)22-19/h3-9H,10-15H2,1-2H3/t21-/m0/s1. The lowest BCUT2D eigenvalue weighted by atomic mass is 10.00. The van der Waals surface area contributed by atoms with Gasteiger partial charge in [-0.3, -0.25) is 4.79 Å². The molecule has 4 rings (SSSR count). The lowest BCUT2D eigenvalue weighted by Gasteiger charge is -2.43. The van der Waals surface area contributed by atoms with Gasteiger partial charge in [0, 0.05) is 17.9 Å². The molecule has 6 heteroatoms. The van der Waals surface area contributed by atoms with Crippen molar-refractivity contribution in [2.24, 2.45) is 0 Å².